The molecule has 37 heavy (non-hydrogen) atoms. The van der Waals surface area contributed by atoms with Crippen LogP contribution in [-0.2, 0) is 4.79 Å². The van der Waals surface area contributed by atoms with Crippen LogP contribution < -0.4 is 14.4 Å². The molecule has 5 rings (SSSR count). The molecule has 2 heterocycles. The fourth-order valence-electron chi connectivity index (χ4n) is 4.47. The third-order valence-corrected chi connectivity index (χ3v) is 6.47. The van der Waals surface area contributed by atoms with E-state index in [1.807, 2.05) is 6.92 Å². The molecule has 3 aromatic carbocycles. The molecule has 1 aliphatic rings. The summed E-state index contributed by atoms with van der Waals surface area (Å²) in [5.74, 6) is -1.25. The van der Waals surface area contributed by atoms with Crippen molar-refractivity contribution in [3.8, 4) is 11.5 Å². The van der Waals surface area contributed by atoms with Gasteiger partial charge >= 0.3 is 0 Å². The molecular weight excluding hydrogens is 517 g/mol. The molecule has 4 aromatic rings. The van der Waals surface area contributed by atoms with Crippen molar-refractivity contribution in [3.63, 3.8) is 0 Å². The lowest BCUT2D eigenvalue weighted by Gasteiger charge is -2.27. The fraction of sp³-hybridized carbons (Fsp3) is 0.143. The van der Waals surface area contributed by atoms with E-state index in [2.05, 4.69) is 0 Å². The predicted octanol–water partition coefficient (Wildman–Crippen LogP) is 6.93. The summed E-state index contributed by atoms with van der Waals surface area (Å²) in [6, 6.07) is 17.4. The maximum absolute atomic E-state index is 13.9. The van der Waals surface area contributed by atoms with Gasteiger partial charge in [-0.15, -0.1) is 0 Å². The van der Waals surface area contributed by atoms with Crippen LogP contribution in [0.25, 0.3) is 11.0 Å². The van der Waals surface area contributed by atoms with Crippen molar-refractivity contribution in [2.24, 2.45) is 0 Å². The van der Waals surface area contributed by atoms with Crippen molar-refractivity contribution in [3.05, 3.63) is 99.4 Å². The molecule has 0 saturated heterocycles. The Morgan fingerprint density at radius 2 is 1.84 bits per heavy atom. The maximum atomic E-state index is 13.9. The third kappa shape index (κ3) is 4.41. The van der Waals surface area contributed by atoms with Crippen molar-refractivity contribution in [2.45, 2.75) is 13.0 Å². The Kier molecular flexibility index (Phi) is 6.58. The monoisotopic (exact) mass is 537 g/mol. The van der Waals surface area contributed by atoms with Crippen molar-refractivity contribution in [1.82, 2.24) is 0 Å². The SMILES string of the molecule is CCOc1cccc(C2C(C(=O)c3cc4cc(Cl)cc(OC)c4o3)=C(O)C(=O)N2c2cccc(Cl)c2)c1. The Bertz CT molecular complexity index is 1570. The number of aliphatic hydroxyl groups excluding tert-OH is 1. The van der Waals surface area contributed by atoms with Crippen LogP contribution in [0.1, 0.15) is 29.1 Å². The summed E-state index contributed by atoms with van der Waals surface area (Å²) in [4.78, 5) is 28.6. The standard InChI is InChI=1S/C28H21Cl2NO6/c1-3-36-20-9-4-6-15(11-20)24-23(26(33)28(34)31(24)19-8-5-7-17(29)13-19)25(32)21-12-16-10-18(30)14-22(35-2)27(16)37-21/h4-14,24,33H,3H2,1-2H3. The van der Waals surface area contributed by atoms with E-state index >= 15 is 0 Å². The summed E-state index contributed by atoms with van der Waals surface area (Å²) >= 11 is 12.4. The van der Waals surface area contributed by atoms with Gasteiger partial charge < -0.3 is 19.0 Å². The van der Waals surface area contributed by atoms with Crippen molar-refractivity contribution >= 4 is 51.5 Å². The molecule has 0 fully saturated rings. The van der Waals surface area contributed by atoms with Crippen LogP contribution in [0.15, 0.2) is 82.5 Å². The highest BCUT2D eigenvalue weighted by molar-refractivity contribution is 6.32. The van der Waals surface area contributed by atoms with E-state index in [9.17, 15) is 14.7 Å². The van der Waals surface area contributed by atoms with E-state index in [0.29, 0.717) is 50.4 Å². The number of nitrogens with zero attached hydrogens (tertiary/aromatic N) is 1. The molecule has 0 bridgehead atoms. The molecule has 0 spiro atoms. The lowest BCUT2D eigenvalue weighted by atomic mass is 9.94. The van der Waals surface area contributed by atoms with Crippen LogP contribution in [0.2, 0.25) is 10.0 Å². The third-order valence-electron chi connectivity index (χ3n) is 6.01. The molecule has 7 nitrogen and oxygen atoms in total. The predicted molar refractivity (Wildman–Crippen MR) is 141 cm³/mol. The van der Waals surface area contributed by atoms with Gasteiger partial charge in [-0.3, -0.25) is 14.5 Å². The lowest BCUT2D eigenvalue weighted by Crippen LogP contribution is -2.31. The van der Waals surface area contributed by atoms with Crippen molar-refractivity contribution in [1.29, 1.82) is 0 Å². The number of anilines is 1. The van der Waals surface area contributed by atoms with Crippen LogP contribution in [0.5, 0.6) is 11.5 Å². The van der Waals surface area contributed by atoms with Crippen LogP contribution in [-0.4, -0.2) is 30.5 Å². The fourth-order valence-corrected chi connectivity index (χ4v) is 4.87. The second-order valence-electron chi connectivity index (χ2n) is 8.29. The number of aliphatic hydroxyl groups is 1. The Morgan fingerprint density at radius 3 is 2.57 bits per heavy atom. The quantitative estimate of drug-likeness (QED) is 0.257. The van der Waals surface area contributed by atoms with Gasteiger partial charge in [-0.05, 0) is 55.0 Å². The number of hydrogen-bond donors (Lipinski definition) is 1. The van der Waals surface area contributed by atoms with Crippen molar-refractivity contribution < 1.29 is 28.6 Å². The molecule has 1 N–H and O–H groups in total. The summed E-state index contributed by atoms with van der Waals surface area (Å²) < 4.78 is 16.8. The Hall–Kier alpha value is -3.94. The van der Waals surface area contributed by atoms with E-state index < -0.39 is 23.5 Å². The van der Waals surface area contributed by atoms with Gasteiger partial charge in [0.15, 0.2) is 22.9 Å². The number of carbonyl (C=O) groups excluding carboxylic acids is 2. The number of benzene rings is 3. The van der Waals surface area contributed by atoms with Crippen LogP contribution in [0, 0.1) is 0 Å². The van der Waals surface area contributed by atoms with Gasteiger partial charge in [-0.1, -0.05) is 41.4 Å². The molecule has 1 atom stereocenters. The van der Waals surface area contributed by atoms with E-state index in [1.54, 1.807) is 60.7 Å². The molecule has 9 heteroatoms. The minimum absolute atomic E-state index is 0.0798. The average molecular weight is 538 g/mol. The molecule has 1 aromatic heterocycles. The molecule has 1 amide bonds. The number of fused-ring (bicyclic) bond motifs is 1. The highest BCUT2D eigenvalue weighted by Crippen LogP contribution is 2.44. The van der Waals surface area contributed by atoms with Gasteiger partial charge in [0, 0.05) is 27.2 Å². The van der Waals surface area contributed by atoms with Crippen LogP contribution in [0.4, 0.5) is 5.69 Å². The van der Waals surface area contributed by atoms with Crippen LogP contribution in [0.3, 0.4) is 0 Å². The van der Waals surface area contributed by atoms with E-state index in [0.717, 1.165) is 0 Å². The second-order valence-corrected chi connectivity index (χ2v) is 9.16. The maximum Gasteiger partial charge on any atom is 0.294 e. The minimum Gasteiger partial charge on any atom is -0.503 e. The normalized spacial score (nSPS) is 15.5. The highest BCUT2D eigenvalue weighted by Gasteiger charge is 2.45. The van der Waals surface area contributed by atoms with E-state index in [4.69, 9.17) is 37.1 Å². The van der Waals surface area contributed by atoms with Gasteiger partial charge in [0.05, 0.1) is 25.3 Å². The number of Topliss-reactive ketones (excluding diaryl/α,β-unsaturated/α-hetero) is 1. The molecule has 1 unspecified atom stereocenters. The van der Waals surface area contributed by atoms with E-state index in [-0.39, 0.29) is 11.3 Å². The number of hydrogen-bond acceptors (Lipinski definition) is 6. The first-order chi connectivity index (χ1) is 17.8. The lowest BCUT2D eigenvalue weighted by molar-refractivity contribution is -0.117. The first-order valence-electron chi connectivity index (χ1n) is 11.4. The second kappa shape index (κ2) is 9.84. The topological polar surface area (TPSA) is 89.2 Å². The number of ketones is 1. The Labute approximate surface area is 222 Å². The Morgan fingerprint density at radius 1 is 1.05 bits per heavy atom. The number of amides is 1. The summed E-state index contributed by atoms with van der Waals surface area (Å²) in [5.41, 5.74) is 1.16. The molecule has 1 aliphatic heterocycles. The molecule has 0 saturated carbocycles. The van der Waals surface area contributed by atoms with Crippen LogP contribution >= 0.6 is 23.2 Å². The molecule has 0 radical (unpaired) electrons. The van der Waals surface area contributed by atoms with Crippen molar-refractivity contribution in [2.75, 3.05) is 18.6 Å². The van der Waals surface area contributed by atoms with E-state index in [1.165, 1.54) is 18.1 Å². The summed E-state index contributed by atoms with van der Waals surface area (Å²) in [6.45, 7) is 2.29. The number of halogens is 2. The van der Waals surface area contributed by atoms with Gasteiger partial charge in [-0.25, -0.2) is 0 Å². The zero-order valence-electron chi connectivity index (χ0n) is 19.8. The van der Waals surface area contributed by atoms with Gasteiger partial charge in [0.1, 0.15) is 5.75 Å². The first kappa shape index (κ1) is 24.7. The van der Waals surface area contributed by atoms with Gasteiger partial charge in [-0.2, -0.15) is 0 Å². The average Bonchev–Trinajstić information content (AvgIpc) is 3.42. The zero-order valence-corrected chi connectivity index (χ0v) is 21.3. The Balaban J connectivity index is 1.67. The number of rotatable bonds is 7. The summed E-state index contributed by atoms with van der Waals surface area (Å²) in [5, 5.41) is 12.4. The molecule has 0 aliphatic carbocycles. The highest BCUT2D eigenvalue weighted by atomic mass is 35.5. The smallest absolute Gasteiger partial charge is 0.294 e. The minimum atomic E-state index is -0.974. The largest absolute Gasteiger partial charge is 0.503 e. The van der Waals surface area contributed by atoms with Gasteiger partial charge in [0.2, 0.25) is 5.78 Å². The first-order valence-corrected chi connectivity index (χ1v) is 12.1. The number of furan rings is 1. The number of ether oxygens (including phenoxy) is 2. The van der Waals surface area contributed by atoms with Gasteiger partial charge in [0.25, 0.3) is 5.91 Å². The summed E-state index contributed by atoms with van der Waals surface area (Å²) in [6.07, 6.45) is 0. The molecule has 188 valence electrons. The summed E-state index contributed by atoms with van der Waals surface area (Å²) in [7, 11) is 1.46. The number of carbonyl (C=O) groups is 2. The zero-order chi connectivity index (χ0) is 26.3. The number of methoxy groups -OCH3 is 1. The molecular formula is C28H21Cl2NO6.